The molecule has 2 aliphatic rings. The summed E-state index contributed by atoms with van der Waals surface area (Å²) in [5, 5.41) is 6.70. The van der Waals surface area contributed by atoms with E-state index in [-0.39, 0.29) is 30.0 Å². The quantitative estimate of drug-likeness (QED) is 0.645. The van der Waals surface area contributed by atoms with Crippen LogP contribution in [-0.4, -0.2) is 46.8 Å². The average Bonchev–Trinajstić information content (AvgIpc) is 3.32. The molecule has 1 aromatic heterocycles. The van der Waals surface area contributed by atoms with Crippen LogP contribution in [0.15, 0.2) is 48.3 Å². The maximum absolute atomic E-state index is 12.8. The Bertz CT molecular complexity index is 1080. The molecule has 10 heteroatoms. The highest BCUT2D eigenvalue weighted by Crippen LogP contribution is 2.31. The van der Waals surface area contributed by atoms with Crippen molar-refractivity contribution in [3.63, 3.8) is 0 Å². The molecule has 32 heavy (non-hydrogen) atoms. The van der Waals surface area contributed by atoms with E-state index in [2.05, 4.69) is 15.6 Å². The Hall–Kier alpha value is -2.94. The summed E-state index contributed by atoms with van der Waals surface area (Å²) >= 11 is 12.0. The van der Waals surface area contributed by atoms with Gasteiger partial charge in [-0.25, -0.2) is 9.78 Å². The van der Waals surface area contributed by atoms with Gasteiger partial charge >= 0.3 is 5.97 Å². The number of aromatic nitrogens is 1. The second-order valence-corrected chi connectivity index (χ2v) is 8.50. The minimum Gasteiger partial charge on any atom is -0.459 e. The highest BCUT2D eigenvalue weighted by Gasteiger charge is 2.41. The smallest absolute Gasteiger partial charge is 0.327 e. The molecule has 1 saturated heterocycles. The number of amides is 2. The van der Waals surface area contributed by atoms with E-state index in [0.717, 1.165) is 5.57 Å². The van der Waals surface area contributed by atoms with E-state index in [1.807, 2.05) is 0 Å². The fourth-order valence-corrected chi connectivity index (χ4v) is 4.36. The summed E-state index contributed by atoms with van der Waals surface area (Å²) in [5.41, 5.74) is 2.26. The molecular formula is C22H20Cl2N4O4. The lowest BCUT2D eigenvalue weighted by Crippen LogP contribution is -2.35. The SMILES string of the molecule is CC(=O)Nc1ccc(C(=O)N2C=C3C(C(=O)OCc4cc(Cl)cc(Cl)c4)NC[C@@H]3C2)nc1. The first kappa shape index (κ1) is 22.3. The van der Waals surface area contributed by atoms with Crippen molar-refractivity contribution in [2.45, 2.75) is 19.6 Å². The number of halogens is 2. The Morgan fingerprint density at radius 3 is 2.62 bits per heavy atom. The van der Waals surface area contributed by atoms with E-state index >= 15 is 0 Å². The molecule has 2 aliphatic heterocycles. The van der Waals surface area contributed by atoms with Crippen LogP contribution < -0.4 is 10.6 Å². The number of pyridine rings is 1. The van der Waals surface area contributed by atoms with Crippen LogP contribution in [0.1, 0.15) is 23.0 Å². The second-order valence-electron chi connectivity index (χ2n) is 7.62. The van der Waals surface area contributed by atoms with Gasteiger partial charge in [0.2, 0.25) is 5.91 Å². The number of fused-ring (bicyclic) bond motifs is 1. The Balaban J connectivity index is 1.40. The zero-order chi connectivity index (χ0) is 22.8. The summed E-state index contributed by atoms with van der Waals surface area (Å²) in [6.45, 7) is 2.45. The monoisotopic (exact) mass is 474 g/mol. The van der Waals surface area contributed by atoms with Gasteiger partial charge in [0.25, 0.3) is 5.91 Å². The zero-order valence-corrected chi connectivity index (χ0v) is 18.6. The Labute approximate surface area is 194 Å². The predicted octanol–water partition coefficient (Wildman–Crippen LogP) is 3.02. The fraction of sp³-hybridized carbons (Fsp3) is 0.273. The molecule has 0 bridgehead atoms. The van der Waals surface area contributed by atoms with Crippen molar-refractivity contribution < 1.29 is 19.1 Å². The first-order valence-corrected chi connectivity index (χ1v) is 10.7. The number of carbonyl (C=O) groups excluding carboxylic acids is 3. The molecule has 8 nitrogen and oxygen atoms in total. The minimum absolute atomic E-state index is 0.0239. The lowest BCUT2D eigenvalue weighted by Gasteiger charge is -2.16. The van der Waals surface area contributed by atoms with Gasteiger partial charge in [-0.3, -0.25) is 9.59 Å². The summed E-state index contributed by atoms with van der Waals surface area (Å²) in [7, 11) is 0. The third kappa shape index (κ3) is 4.93. The lowest BCUT2D eigenvalue weighted by molar-refractivity contribution is -0.146. The summed E-state index contributed by atoms with van der Waals surface area (Å²) in [4.78, 5) is 42.3. The minimum atomic E-state index is -0.623. The highest BCUT2D eigenvalue weighted by atomic mass is 35.5. The zero-order valence-electron chi connectivity index (χ0n) is 17.1. The number of esters is 1. The van der Waals surface area contributed by atoms with Gasteiger partial charge in [-0.1, -0.05) is 23.2 Å². The van der Waals surface area contributed by atoms with Crippen LogP contribution in [0.3, 0.4) is 0 Å². The van der Waals surface area contributed by atoms with Crippen molar-refractivity contribution in [1.82, 2.24) is 15.2 Å². The Morgan fingerprint density at radius 2 is 1.97 bits per heavy atom. The van der Waals surface area contributed by atoms with Gasteiger partial charge in [0.15, 0.2) is 0 Å². The van der Waals surface area contributed by atoms with Crippen LogP contribution in [-0.2, 0) is 20.9 Å². The van der Waals surface area contributed by atoms with Crippen molar-refractivity contribution in [1.29, 1.82) is 0 Å². The molecule has 1 fully saturated rings. The maximum Gasteiger partial charge on any atom is 0.327 e. The number of hydrogen-bond acceptors (Lipinski definition) is 6. The predicted molar refractivity (Wildman–Crippen MR) is 119 cm³/mol. The van der Waals surface area contributed by atoms with Crippen LogP contribution in [0.25, 0.3) is 0 Å². The number of ether oxygens (including phenoxy) is 1. The van der Waals surface area contributed by atoms with Crippen molar-refractivity contribution in [3.8, 4) is 0 Å². The molecule has 2 amide bonds. The van der Waals surface area contributed by atoms with E-state index < -0.39 is 12.0 Å². The molecule has 1 aromatic carbocycles. The van der Waals surface area contributed by atoms with Gasteiger partial charge in [-0.15, -0.1) is 0 Å². The number of nitrogens with one attached hydrogen (secondary N) is 2. The fourth-order valence-electron chi connectivity index (χ4n) is 3.79. The largest absolute Gasteiger partial charge is 0.459 e. The van der Waals surface area contributed by atoms with Gasteiger partial charge in [0.1, 0.15) is 18.3 Å². The third-order valence-corrected chi connectivity index (χ3v) is 5.63. The number of carbonyl (C=O) groups is 3. The Kier molecular flexibility index (Phi) is 6.45. The van der Waals surface area contributed by atoms with Crippen LogP contribution in [0.2, 0.25) is 10.0 Å². The van der Waals surface area contributed by atoms with Crippen molar-refractivity contribution in [2.24, 2.45) is 5.92 Å². The van der Waals surface area contributed by atoms with E-state index in [4.69, 9.17) is 27.9 Å². The van der Waals surface area contributed by atoms with Gasteiger partial charge in [-0.05, 0) is 41.5 Å². The third-order valence-electron chi connectivity index (χ3n) is 5.20. The topological polar surface area (TPSA) is 101 Å². The summed E-state index contributed by atoms with van der Waals surface area (Å²) in [6, 6.07) is 7.53. The number of nitrogens with zero attached hydrogens (tertiary/aromatic N) is 2. The number of benzene rings is 1. The summed E-state index contributed by atoms with van der Waals surface area (Å²) < 4.78 is 5.45. The molecule has 0 saturated carbocycles. The molecule has 0 radical (unpaired) electrons. The van der Waals surface area contributed by atoms with Gasteiger partial charge in [0, 0.05) is 42.2 Å². The van der Waals surface area contributed by atoms with E-state index in [1.54, 1.807) is 41.4 Å². The lowest BCUT2D eigenvalue weighted by atomic mass is 10.0. The molecule has 0 spiro atoms. The number of anilines is 1. The standard InChI is InChI=1S/C22H20Cl2N4O4/c1-12(29)27-17-2-3-19(25-8-17)21(30)28-9-14-7-26-20(18(14)10-28)22(31)32-11-13-4-15(23)6-16(24)5-13/h2-6,8,10,14,20,26H,7,9,11H2,1H3,(H,27,29)/t14-,20?/m1/s1. The normalized spacial score (nSPS) is 19.3. The van der Waals surface area contributed by atoms with Gasteiger partial charge in [-0.2, -0.15) is 0 Å². The second kappa shape index (κ2) is 9.28. The first-order chi connectivity index (χ1) is 15.3. The molecule has 2 atom stereocenters. The van der Waals surface area contributed by atoms with Gasteiger partial charge < -0.3 is 20.3 Å². The molecular weight excluding hydrogens is 455 g/mol. The van der Waals surface area contributed by atoms with Crippen LogP contribution >= 0.6 is 23.2 Å². The van der Waals surface area contributed by atoms with Crippen molar-refractivity contribution in [3.05, 3.63) is 69.6 Å². The number of rotatable bonds is 5. The molecule has 2 aromatic rings. The first-order valence-electron chi connectivity index (χ1n) is 9.91. The molecule has 2 N–H and O–H groups in total. The average molecular weight is 475 g/mol. The highest BCUT2D eigenvalue weighted by molar-refractivity contribution is 6.34. The van der Waals surface area contributed by atoms with Crippen molar-refractivity contribution in [2.75, 3.05) is 18.4 Å². The van der Waals surface area contributed by atoms with E-state index in [1.165, 1.54) is 13.1 Å². The molecule has 0 aliphatic carbocycles. The molecule has 1 unspecified atom stereocenters. The van der Waals surface area contributed by atoms with Crippen LogP contribution in [0, 0.1) is 5.92 Å². The molecule has 3 heterocycles. The maximum atomic E-state index is 12.8. The van der Waals surface area contributed by atoms with E-state index in [9.17, 15) is 14.4 Å². The van der Waals surface area contributed by atoms with Crippen molar-refractivity contribution >= 4 is 46.7 Å². The molecule has 166 valence electrons. The summed E-state index contributed by atoms with van der Waals surface area (Å²) in [5.74, 6) is -0.897. The van der Waals surface area contributed by atoms with Gasteiger partial charge in [0.05, 0.1) is 11.9 Å². The van der Waals surface area contributed by atoms with E-state index in [0.29, 0.717) is 34.4 Å². The van der Waals surface area contributed by atoms with Crippen LogP contribution in [0.4, 0.5) is 5.69 Å². The number of hydrogen-bond donors (Lipinski definition) is 2. The summed E-state index contributed by atoms with van der Waals surface area (Å²) in [6.07, 6.45) is 3.13. The molecule has 4 rings (SSSR count). The Morgan fingerprint density at radius 1 is 1.22 bits per heavy atom. The van der Waals surface area contributed by atoms with Crippen LogP contribution in [0.5, 0.6) is 0 Å².